The lowest BCUT2D eigenvalue weighted by Gasteiger charge is -2.62. The molecule has 0 aromatic carbocycles. The Labute approximate surface area is 155 Å². The van der Waals surface area contributed by atoms with Gasteiger partial charge in [0.05, 0.1) is 19.0 Å². The number of nitrogens with zero attached hydrogens (tertiary/aromatic N) is 2. The normalized spacial score (nSPS) is 29.6. The Balaban J connectivity index is 1.73. The van der Waals surface area contributed by atoms with Gasteiger partial charge in [-0.05, 0) is 51.9 Å². The number of anilines is 1. The van der Waals surface area contributed by atoms with Crippen LogP contribution in [0.3, 0.4) is 0 Å². The maximum absolute atomic E-state index is 12.4. The zero-order valence-electron chi connectivity index (χ0n) is 15.0. The molecule has 1 aromatic heterocycles. The summed E-state index contributed by atoms with van der Waals surface area (Å²) in [5.41, 5.74) is 2.94. The number of fused-ring (bicyclic) bond motifs is 2. The third-order valence-corrected chi connectivity index (χ3v) is 6.96. The Morgan fingerprint density at radius 2 is 2.20 bits per heavy atom. The second-order valence-corrected chi connectivity index (χ2v) is 8.56. The molecule has 3 aliphatic carbocycles. The van der Waals surface area contributed by atoms with E-state index in [1.807, 2.05) is 0 Å². The number of hydrogen-bond acceptors (Lipinski definition) is 5. The summed E-state index contributed by atoms with van der Waals surface area (Å²) in [6.45, 7) is 6.82. The molecule has 1 aromatic rings. The van der Waals surface area contributed by atoms with E-state index in [-0.39, 0.29) is 12.1 Å². The van der Waals surface area contributed by atoms with Crippen LogP contribution in [-0.2, 0) is 16.2 Å². The molecule has 138 valence electrons. The van der Waals surface area contributed by atoms with E-state index in [0.29, 0.717) is 33.5 Å². The largest absolute Gasteiger partial charge is 0.380 e. The number of aromatic nitrogens is 2. The summed E-state index contributed by atoms with van der Waals surface area (Å²) < 4.78 is 1.51. The summed E-state index contributed by atoms with van der Waals surface area (Å²) in [7, 11) is 1.34. The Morgan fingerprint density at radius 1 is 1.48 bits per heavy atom. The van der Waals surface area contributed by atoms with Crippen molar-refractivity contribution in [3.63, 3.8) is 0 Å². The van der Waals surface area contributed by atoms with Crippen molar-refractivity contribution in [2.24, 2.45) is 23.2 Å². The Morgan fingerprint density at radius 3 is 2.80 bits per heavy atom. The lowest BCUT2D eigenvalue weighted by atomic mass is 9.45. The summed E-state index contributed by atoms with van der Waals surface area (Å²) in [5.74, 6) is 1.55. The molecule has 0 radical (unpaired) electrons. The highest BCUT2D eigenvalue weighted by Crippen LogP contribution is 2.61. The zero-order valence-corrected chi connectivity index (χ0v) is 16.6. The van der Waals surface area contributed by atoms with Crippen molar-refractivity contribution >= 4 is 27.5 Å². The van der Waals surface area contributed by atoms with Crippen LogP contribution in [0, 0.1) is 23.2 Å². The number of hydrogen-bond donors (Lipinski definition) is 2. The third-order valence-electron chi connectivity index (χ3n) is 6.19. The van der Waals surface area contributed by atoms with Crippen LogP contribution in [-0.4, -0.2) is 28.8 Å². The van der Waals surface area contributed by atoms with Gasteiger partial charge in [0.25, 0.3) is 11.5 Å². The molecule has 3 fully saturated rings. The van der Waals surface area contributed by atoms with Crippen LogP contribution >= 0.6 is 15.9 Å². The molecule has 8 heteroatoms. The second kappa shape index (κ2) is 6.72. The second-order valence-electron chi connectivity index (χ2n) is 7.77. The number of carbonyl (C=O) groups is 1. The van der Waals surface area contributed by atoms with Gasteiger partial charge in [0.1, 0.15) is 11.0 Å². The Kier molecular flexibility index (Phi) is 4.94. The summed E-state index contributed by atoms with van der Waals surface area (Å²) in [4.78, 5) is 28.5. The van der Waals surface area contributed by atoms with Gasteiger partial charge in [0, 0.05) is 6.04 Å². The van der Waals surface area contributed by atoms with E-state index in [2.05, 4.69) is 57.4 Å². The molecule has 0 unspecified atom stereocenters. The smallest absolute Gasteiger partial charge is 0.283 e. The Hall–Kier alpha value is -1.41. The predicted octanol–water partition coefficient (Wildman–Crippen LogP) is 2.17. The number of nitrogens with one attached hydrogen (secondary N) is 2. The minimum Gasteiger partial charge on any atom is -0.380 e. The van der Waals surface area contributed by atoms with E-state index >= 15 is 0 Å². The fourth-order valence-electron chi connectivity index (χ4n) is 4.50. The monoisotopic (exact) mass is 412 g/mol. The number of carbonyl (C=O) groups excluding carboxylic acids is 1. The van der Waals surface area contributed by atoms with Gasteiger partial charge < -0.3 is 5.32 Å². The van der Waals surface area contributed by atoms with Crippen LogP contribution in [0.2, 0.25) is 0 Å². The van der Waals surface area contributed by atoms with Gasteiger partial charge in [0.15, 0.2) is 0 Å². The standard InChI is InChI=1S/C17H25BrN4O3/c1-9-11-5-10(17(11,2)3)6-12(9)20-13-7-19-22(16(24)15(13)18)8-14(23)21-25-4/h7,9-12,20H,5-6,8H2,1-4H3,(H,21,23)/t9-,10+,11-,12-/m1/s1. The molecule has 1 amide bonds. The molecule has 3 saturated carbocycles. The zero-order chi connectivity index (χ0) is 18.4. The summed E-state index contributed by atoms with van der Waals surface area (Å²) in [6.07, 6.45) is 4.02. The number of rotatable bonds is 5. The van der Waals surface area contributed by atoms with Gasteiger partial charge in [-0.25, -0.2) is 10.2 Å². The highest BCUT2D eigenvalue weighted by Gasteiger charge is 2.56. The van der Waals surface area contributed by atoms with Crippen molar-refractivity contribution in [3.8, 4) is 0 Å². The fourth-order valence-corrected chi connectivity index (χ4v) is 4.92. The highest BCUT2D eigenvalue weighted by atomic mass is 79.9. The third kappa shape index (κ3) is 3.21. The van der Waals surface area contributed by atoms with E-state index in [9.17, 15) is 9.59 Å². The molecule has 7 nitrogen and oxygen atoms in total. The van der Waals surface area contributed by atoms with E-state index in [1.165, 1.54) is 13.5 Å². The fraction of sp³-hybridized carbons (Fsp3) is 0.706. The molecular formula is C17H25BrN4O3. The van der Waals surface area contributed by atoms with Gasteiger partial charge in [-0.15, -0.1) is 0 Å². The first-order valence-electron chi connectivity index (χ1n) is 8.59. The van der Waals surface area contributed by atoms with Crippen molar-refractivity contribution in [2.45, 2.75) is 46.2 Å². The lowest BCUT2D eigenvalue weighted by molar-refractivity contribution is -0.132. The molecule has 0 aliphatic heterocycles. The van der Waals surface area contributed by atoms with Gasteiger partial charge in [-0.1, -0.05) is 20.8 Å². The maximum atomic E-state index is 12.4. The van der Waals surface area contributed by atoms with E-state index in [4.69, 9.17) is 0 Å². The first kappa shape index (κ1) is 18.4. The van der Waals surface area contributed by atoms with Crippen LogP contribution in [0.25, 0.3) is 0 Å². The Bertz CT molecular complexity index is 733. The van der Waals surface area contributed by atoms with Crippen LogP contribution in [0.15, 0.2) is 15.5 Å². The molecular weight excluding hydrogens is 388 g/mol. The molecule has 0 saturated heterocycles. The minimum absolute atomic E-state index is 0.191. The summed E-state index contributed by atoms with van der Waals surface area (Å²) in [6, 6.07) is 0.335. The van der Waals surface area contributed by atoms with Crippen LogP contribution < -0.4 is 16.4 Å². The van der Waals surface area contributed by atoms with Gasteiger partial charge in [-0.2, -0.15) is 5.10 Å². The predicted molar refractivity (Wildman–Crippen MR) is 97.9 cm³/mol. The molecule has 4 atom stereocenters. The lowest BCUT2D eigenvalue weighted by Crippen LogP contribution is -2.58. The average molecular weight is 413 g/mol. The SMILES string of the molecule is CONC(=O)Cn1ncc(N[C@@H]2C[C@@H]3C[C@H]([C@H]2C)C3(C)C)c(Br)c1=O. The van der Waals surface area contributed by atoms with Gasteiger partial charge >= 0.3 is 0 Å². The van der Waals surface area contributed by atoms with Crippen LogP contribution in [0.1, 0.15) is 33.6 Å². The highest BCUT2D eigenvalue weighted by molar-refractivity contribution is 9.10. The van der Waals surface area contributed by atoms with Crippen molar-refractivity contribution in [1.82, 2.24) is 15.3 Å². The summed E-state index contributed by atoms with van der Waals surface area (Å²) >= 11 is 3.36. The van der Waals surface area contributed by atoms with E-state index in [0.717, 1.165) is 17.0 Å². The molecule has 25 heavy (non-hydrogen) atoms. The molecule has 2 bridgehead atoms. The quantitative estimate of drug-likeness (QED) is 0.723. The van der Waals surface area contributed by atoms with Crippen LogP contribution in [0.4, 0.5) is 5.69 Å². The molecule has 1 heterocycles. The molecule has 0 spiro atoms. The summed E-state index contributed by atoms with van der Waals surface area (Å²) in [5, 5.41) is 7.60. The van der Waals surface area contributed by atoms with Crippen molar-refractivity contribution in [3.05, 3.63) is 21.0 Å². The minimum atomic E-state index is -0.437. The van der Waals surface area contributed by atoms with Gasteiger partial charge in [-0.3, -0.25) is 14.4 Å². The molecule has 2 N–H and O–H groups in total. The first-order chi connectivity index (χ1) is 11.8. The maximum Gasteiger partial charge on any atom is 0.283 e. The molecule has 4 rings (SSSR count). The van der Waals surface area contributed by atoms with Crippen molar-refractivity contribution < 1.29 is 9.63 Å². The first-order valence-corrected chi connectivity index (χ1v) is 9.39. The number of halogens is 1. The van der Waals surface area contributed by atoms with E-state index < -0.39 is 5.91 Å². The number of hydroxylamine groups is 1. The van der Waals surface area contributed by atoms with Crippen molar-refractivity contribution in [1.29, 1.82) is 0 Å². The molecule has 3 aliphatic rings. The van der Waals surface area contributed by atoms with Crippen molar-refractivity contribution in [2.75, 3.05) is 12.4 Å². The van der Waals surface area contributed by atoms with Crippen LogP contribution in [0.5, 0.6) is 0 Å². The van der Waals surface area contributed by atoms with E-state index in [1.54, 1.807) is 6.20 Å². The average Bonchev–Trinajstić information content (AvgIpc) is 2.55. The topological polar surface area (TPSA) is 85.2 Å². The number of amides is 1. The van der Waals surface area contributed by atoms with Gasteiger partial charge in [0.2, 0.25) is 0 Å².